The van der Waals surface area contributed by atoms with Gasteiger partial charge in [0.1, 0.15) is 11.1 Å². The molecule has 0 saturated heterocycles. The zero-order valence-electron chi connectivity index (χ0n) is 17.6. The zero-order chi connectivity index (χ0) is 22.0. The van der Waals surface area contributed by atoms with Crippen LogP contribution in [0.2, 0.25) is 0 Å². The molecule has 0 bridgehead atoms. The highest BCUT2D eigenvalue weighted by Crippen LogP contribution is 2.19. The standard InChI is InChI=1S/C22H24N6O3/c1-22(2,3)28-18-17(13-25-28)20(30)27-21(26-18)24-11-14-6-4-7-15(10-14)19(29)23-12-16-8-5-9-31-16/h4-10,13H,11-12H2,1-3H3,(H,23,29)(H2,24,26,27,30). The van der Waals surface area contributed by atoms with E-state index in [-0.39, 0.29) is 17.0 Å². The van der Waals surface area contributed by atoms with E-state index in [2.05, 4.69) is 25.7 Å². The van der Waals surface area contributed by atoms with Gasteiger partial charge in [-0.2, -0.15) is 10.1 Å². The summed E-state index contributed by atoms with van der Waals surface area (Å²) in [5.41, 5.74) is 1.36. The lowest BCUT2D eigenvalue weighted by Gasteiger charge is -2.19. The van der Waals surface area contributed by atoms with Crippen molar-refractivity contribution in [1.29, 1.82) is 0 Å². The van der Waals surface area contributed by atoms with E-state index in [1.165, 1.54) is 6.20 Å². The predicted octanol–water partition coefficient (Wildman–Crippen LogP) is 3.01. The van der Waals surface area contributed by atoms with Crippen LogP contribution in [0.1, 0.15) is 42.5 Å². The van der Waals surface area contributed by atoms with Crippen molar-refractivity contribution in [2.24, 2.45) is 0 Å². The first-order valence-electron chi connectivity index (χ1n) is 9.93. The Morgan fingerprint density at radius 1 is 1.19 bits per heavy atom. The Morgan fingerprint density at radius 2 is 2.03 bits per heavy atom. The number of carbonyl (C=O) groups is 1. The highest BCUT2D eigenvalue weighted by atomic mass is 16.3. The molecule has 0 aliphatic rings. The van der Waals surface area contributed by atoms with Gasteiger partial charge >= 0.3 is 0 Å². The van der Waals surface area contributed by atoms with Gasteiger partial charge in [-0.3, -0.25) is 14.6 Å². The molecule has 0 saturated carbocycles. The molecule has 0 spiro atoms. The molecule has 0 aliphatic carbocycles. The van der Waals surface area contributed by atoms with Crippen LogP contribution in [0.15, 0.2) is 58.1 Å². The Bertz CT molecular complexity index is 1260. The maximum absolute atomic E-state index is 12.4. The molecule has 160 valence electrons. The number of benzene rings is 1. The van der Waals surface area contributed by atoms with Crippen LogP contribution in [0.4, 0.5) is 5.95 Å². The van der Waals surface area contributed by atoms with Crippen molar-refractivity contribution in [3.8, 4) is 0 Å². The van der Waals surface area contributed by atoms with E-state index < -0.39 is 0 Å². The average Bonchev–Trinajstić information content (AvgIpc) is 3.40. The van der Waals surface area contributed by atoms with Crippen LogP contribution < -0.4 is 16.2 Å². The molecule has 31 heavy (non-hydrogen) atoms. The smallest absolute Gasteiger partial charge is 0.263 e. The van der Waals surface area contributed by atoms with E-state index in [4.69, 9.17) is 4.42 Å². The molecule has 9 nitrogen and oxygen atoms in total. The number of nitrogens with zero attached hydrogens (tertiary/aromatic N) is 3. The van der Waals surface area contributed by atoms with Crippen LogP contribution in [0.5, 0.6) is 0 Å². The highest BCUT2D eigenvalue weighted by Gasteiger charge is 2.19. The first-order chi connectivity index (χ1) is 14.8. The predicted molar refractivity (Wildman–Crippen MR) is 117 cm³/mol. The number of hydrogen-bond acceptors (Lipinski definition) is 6. The molecule has 3 heterocycles. The number of hydrogen-bond donors (Lipinski definition) is 3. The maximum atomic E-state index is 12.4. The SMILES string of the molecule is CC(C)(C)n1ncc2c(=O)[nH]c(NCc3cccc(C(=O)NCc4ccco4)c3)nc21. The molecule has 1 aromatic carbocycles. The second-order valence-corrected chi connectivity index (χ2v) is 8.19. The van der Waals surface area contributed by atoms with Crippen LogP contribution >= 0.6 is 0 Å². The maximum Gasteiger partial charge on any atom is 0.263 e. The highest BCUT2D eigenvalue weighted by molar-refractivity contribution is 5.94. The van der Waals surface area contributed by atoms with Gasteiger partial charge in [0.05, 0.1) is 24.5 Å². The molecule has 9 heteroatoms. The summed E-state index contributed by atoms with van der Waals surface area (Å²) in [6, 6.07) is 10.8. The van der Waals surface area contributed by atoms with Gasteiger partial charge < -0.3 is 15.1 Å². The number of rotatable bonds is 6. The molecule has 3 aromatic heterocycles. The van der Waals surface area contributed by atoms with Crippen LogP contribution in [-0.4, -0.2) is 25.7 Å². The molecule has 0 aliphatic heterocycles. The molecular formula is C22H24N6O3. The third-order valence-corrected chi connectivity index (χ3v) is 4.73. The Morgan fingerprint density at radius 3 is 2.77 bits per heavy atom. The zero-order valence-corrected chi connectivity index (χ0v) is 17.6. The van der Waals surface area contributed by atoms with Crippen molar-refractivity contribution in [3.05, 3.63) is 76.1 Å². The number of aromatic amines is 1. The fourth-order valence-corrected chi connectivity index (χ4v) is 3.18. The Hall–Kier alpha value is -3.88. The normalized spacial score (nSPS) is 11.6. The summed E-state index contributed by atoms with van der Waals surface area (Å²) >= 11 is 0. The van der Waals surface area contributed by atoms with Gasteiger partial charge in [-0.25, -0.2) is 4.68 Å². The third-order valence-electron chi connectivity index (χ3n) is 4.73. The molecule has 0 fully saturated rings. The molecule has 3 N–H and O–H groups in total. The quantitative estimate of drug-likeness (QED) is 0.441. The van der Waals surface area contributed by atoms with Gasteiger partial charge in [0, 0.05) is 12.1 Å². The number of fused-ring (bicyclic) bond motifs is 1. The van der Waals surface area contributed by atoms with Crippen molar-refractivity contribution in [3.63, 3.8) is 0 Å². The number of nitrogens with one attached hydrogen (secondary N) is 3. The average molecular weight is 420 g/mol. The summed E-state index contributed by atoms with van der Waals surface area (Å²) in [6.07, 6.45) is 3.10. The fraction of sp³-hybridized carbons (Fsp3) is 0.273. The van der Waals surface area contributed by atoms with Crippen LogP contribution in [0.25, 0.3) is 11.0 Å². The van der Waals surface area contributed by atoms with Crippen molar-refractivity contribution < 1.29 is 9.21 Å². The number of amides is 1. The van der Waals surface area contributed by atoms with Gasteiger partial charge in [-0.15, -0.1) is 0 Å². The molecular weight excluding hydrogens is 396 g/mol. The summed E-state index contributed by atoms with van der Waals surface area (Å²) in [5.74, 6) is 0.836. The van der Waals surface area contributed by atoms with Gasteiger partial charge in [0.25, 0.3) is 11.5 Å². The molecule has 1 amide bonds. The van der Waals surface area contributed by atoms with Gasteiger partial charge in [-0.1, -0.05) is 12.1 Å². The minimum Gasteiger partial charge on any atom is -0.467 e. The summed E-state index contributed by atoms with van der Waals surface area (Å²) in [6.45, 7) is 6.70. The van der Waals surface area contributed by atoms with E-state index >= 15 is 0 Å². The minimum atomic E-state index is -0.308. The van der Waals surface area contributed by atoms with Crippen LogP contribution in [0.3, 0.4) is 0 Å². The summed E-state index contributed by atoms with van der Waals surface area (Å²) in [7, 11) is 0. The van der Waals surface area contributed by atoms with Crippen molar-refractivity contribution in [1.82, 2.24) is 25.1 Å². The van der Waals surface area contributed by atoms with Crippen LogP contribution in [0, 0.1) is 0 Å². The minimum absolute atomic E-state index is 0.194. The van der Waals surface area contributed by atoms with Gasteiger partial charge in [-0.05, 0) is 50.6 Å². The summed E-state index contributed by atoms with van der Waals surface area (Å²) in [5, 5.41) is 10.7. The lowest BCUT2D eigenvalue weighted by molar-refractivity contribution is 0.0948. The van der Waals surface area contributed by atoms with E-state index in [1.807, 2.05) is 32.9 Å². The first kappa shape index (κ1) is 20.4. The van der Waals surface area contributed by atoms with E-state index in [9.17, 15) is 9.59 Å². The monoisotopic (exact) mass is 420 g/mol. The van der Waals surface area contributed by atoms with Gasteiger partial charge in [0.15, 0.2) is 5.65 Å². The van der Waals surface area contributed by atoms with Gasteiger partial charge in [0.2, 0.25) is 5.95 Å². The molecule has 0 unspecified atom stereocenters. The van der Waals surface area contributed by atoms with Crippen molar-refractivity contribution >= 4 is 22.9 Å². The number of H-pyrrole nitrogens is 1. The molecule has 0 radical (unpaired) electrons. The number of anilines is 1. The van der Waals surface area contributed by atoms with Crippen molar-refractivity contribution in [2.75, 3.05) is 5.32 Å². The lowest BCUT2D eigenvalue weighted by Crippen LogP contribution is -2.24. The first-order valence-corrected chi connectivity index (χ1v) is 9.93. The Labute approximate surface area is 178 Å². The number of carbonyl (C=O) groups excluding carboxylic acids is 1. The topological polar surface area (TPSA) is 118 Å². The lowest BCUT2D eigenvalue weighted by atomic mass is 10.1. The van der Waals surface area contributed by atoms with E-state index in [0.29, 0.717) is 41.4 Å². The van der Waals surface area contributed by atoms with Crippen molar-refractivity contribution in [2.45, 2.75) is 39.4 Å². The third kappa shape index (κ3) is 4.50. The molecule has 4 aromatic rings. The largest absolute Gasteiger partial charge is 0.467 e. The number of aromatic nitrogens is 4. The summed E-state index contributed by atoms with van der Waals surface area (Å²) < 4.78 is 6.96. The molecule has 0 atom stereocenters. The Kier molecular flexibility index (Phi) is 5.33. The number of furan rings is 1. The van der Waals surface area contributed by atoms with Crippen LogP contribution in [-0.2, 0) is 18.6 Å². The van der Waals surface area contributed by atoms with E-state index in [0.717, 1.165) is 5.56 Å². The van der Waals surface area contributed by atoms with E-state index in [1.54, 1.807) is 35.2 Å². The second-order valence-electron chi connectivity index (χ2n) is 8.19. The molecule has 4 rings (SSSR count). The second kappa shape index (κ2) is 8.10. The fourth-order valence-electron chi connectivity index (χ4n) is 3.18. The Balaban J connectivity index is 1.48. The summed E-state index contributed by atoms with van der Waals surface area (Å²) in [4.78, 5) is 32.1.